The second-order valence-electron chi connectivity index (χ2n) is 10.1. The van der Waals surface area contributed by atoms with E-state index >= 15 is 0 Å². The first-order valence-corrected chi connectivity index (χ1v) is 13.7. The molecule has 0 atom stereocenters. The van der Waals surface area contributed by atoms with Gasteiger partial charge in [0.05, 0.1) is 32.1 Å². The van der Waals surface area contributed by atoms with Crippen LogP contribution in [-0.2, 0) is 20.7 Å². The Morgan fingerprint density at radius 3 is 2.49 bits per heavy atom. The second kappa shape index (κ2) is 11.6. The van der Waals surface area contributed by atoms with Crippen molar-refractivity contribution in [2.75, 3.05) is 87.8 Å². The maximum absolute atomic E-state index is 13.0. The van der Waals surface area contributed by atoms with Gasteiger partial charge in [0.25, 0.3) is 0 Å². The molecule has 206 valence electrons. The molecule has 6 rings (SSSR count). The molecule has 0 radical (unpaired) electrons. The average Bonchev–Trinajstić information content (AvgIpc) is 3.42. The van der Waals surface area contributed by atoms with Gasteiger partial charge in [0.2, 0.25) is 17.8 Å². The summed E-state index contributed by atoms with van der Waals surface area (Å²) in [6.45, 7) is 8.31. The molecule has 5 heterocycles. The Morgan fingerprint density at radius 1 is 0.974 bits per heavy atom. The number of anilines is 3. The number of nitrogens with zero attached hydrogens (tertiary/aromatic N) is 7. The third-order valence-electron chi connectivity index (χ3n) is 7.56. The number of nitrogen functional groups attached to an aromatic ring is 1. The highest BCUT2D eigenvalue weighted by Crippen LogP contribution is 2.38. The number of allylic oxidation sites excluding steroid dienone is 2. The number of aromatic nitrogens is 4. The highest BCUT2D eigenvalue weighted by Gasteiger charge is 2.31. The molecule has 0 bridgehead atoms. The number of carbonyl (C=O) groups excluding carboxylic acids is 1. The highest BCUT2D eigenvalue weighted by molar-refractivity contribution is 5.94. The SMILES string of the molecule is Nc1ncc(-c2nc(N3CCOCC3)nc3c2CCN3C2=CCCC(C(=O)NCCN3CCOCC3)=C2)cn1. The smallest absolute Gasteiger partial charge is 0.247 e. The van der Waals surface area contributed by atoms with Crippen molar-refractivity contribution in [3.8, 4) is 11.3 Å². The molecule has 3 aliphatic heterocycles. The zero-order valence-corrected chi connectivity index (χ0v) is 22.1. The van der Waals surface area contributed by atoms with Crippen LogP contribution in [0.5, 0.6) is 0 Å². The molecule has 12 heteroatoms. The van der Waals surface area contributed by atoms with E-state index in [0.29, 0.717) is 25.7 Å². The van der Waals surface area contributed by atoms with E-state index in [9.17, 15) is 4.79 Å². The van der Waals surface area contributed by atoms with Crippen LogP contribution in [0, 0.1) is 0 Å². The van der Waals surface area contributed by atoms with Gasteiger partial charge in [0.15, 0.2) is 0 Å². The molecule has 0 unspecified atom stereocenters. The molecular weight excluding hydrogens is 498 g/mol. The van der Waals surface area contributed by atoms with E-state index < -0.39 is 0 Å². The Morgan fingerprint density at radius 2 is 1.72 bits per heavy atom. The lowest BCUT2D eigenvalue weighted by Crippen LogP contribution is -2.41. The molecule has 1 amide bonds. The number of nitrogens with two attached hydrogens (primary N) is 1. The summed E-state index contributed by atoms with van der Waals surface area (Å²) < 4.78 is 11.0. The maximum atomic E-state index is 13.0. The Bertz CT molecular complexity index is 1250. The topological polar surface area (TPSA) is 135 Å². The monoisotopic (exact) mass is 533 g/mol. The summed E-state index contributed by atoms with van der Waals surface area (Å²) in [5.41, 5.74) is 10.2. The van der Waals surface area contributed by atoms with E-state index in [-0.39, 0.29) is 11.9 Å². The third-order valence-corrected chi connectivity index (χ3v) is 7.56. The summed E-state index contributed by atoms with van der Waals surface area (Å²) in [6, 6.07) is 0. The van der Waals surface area contributed by atoms with Gasteiger partial charge in [-0.3, -0.25) is 9.69 Å². The quantitative estimate of drug-likeness (QED) is 0.522. The van der Waals surface area contributed by atoms with Gasteiger partial charge in [-0.1, -0.05) is 6.08 Å². The van der Waals surface area contributed by atoms with Crippen LogP contribution >= 0.6 is 0 Å². The van der Waals surface area contributed by atoms with Crippen molar-refractivity contribution in [2.24, 2.45) is 0 Å². The molecule has 2 aromatic rings. The standard InChI is InChI=1S/C27H35N9O3/c28-26-30-17-20(18-31-26)23-22-4-6-36(24(22)33-27(32-23)35-10-14-39-15-11-35)21-3-1-2-19(16-21)25(37)29-5-7-34-8-12-38-13-9-34/h3,16-18H,1-2,4-15H2,(H,29,37)(H2,28,30,31). The first-order chi connectivity index (χ1) is 19.2. The van der Waals surface area contributed by atoms with E-state index in [1.165, 1.54) is 0 Å². The normalized spacial score (nSPS) is 19.9. The minimum absolute atomic E-state index is 0.00434. The largest absolute Gasteiger partial charge is 0.379 e. The highest BCUT2D eigenvalue weighted by atomic mass is 16.5. The number of ether oxygens (including phenoxy) is 2. The number of hydrogen-bond donors (Lipinski definition) is 2. The molecule has 3 N–H and O–H groups in total. The fourth-order valence-corrected chi connectivity index (χ4v) is 5.42. The average molecular weight is 534 g/mol. The van der Waals surface area contributed by atoms with Crippen LogP contribution < -0.4 is 20.9 Å². The van der Waals surface area contributed by atoms with Crippen LogP contribution in [0.2, 0.25) is 0 Å². The van der Waals surface area contributed by atoms with E-state index in [2.05, 4.69) is 36.1 Å². The zero-order chi connectivity index (χ0) is 26.6. The van der Waals surface area contributed by atoms with Gasteiger partial charge in [-0.15, -0.1) is 0 Å². The predicted octanol–water partition coefficient (Wildman–Crippen LogP) is 0.767. The molecule has 2 saturated heterocycles. The van der Waals surface area contributed by atoms with Crippen molar-refractivity contribution in [2.45, 2.75) is 19.3 Å². The molecule has 39 heavy (non-hydrogen) atoms. The van der Waals surface area contributed by atoms with Gasteiger partial charge in [0.1, 0.15) is 5.82 Å². The van der Waals surface area contributed by atoms with Crippen LogP contribution in [0.15, 0.2) is 35.8 Å². The molecule has 4 aliphatic rings. The number of nitrogens with one attached hydrogen (secondary N) is 1. The van der Waals surface area contributed by atoms with Crippen LogP contribution in [0.1, 0.15) is 18.4 Å². The van der Waals surface area contributed by atoms with Gasteiger partial charge >= 0.3 is 0 Å². The van der Waals surface area contributed by atoms with Crippen molar-refractivity contribution in [1.29, 1.82) is 0 Å². The van der Waals surface area contributed by atoms with Crippen LogP contribution in [0.25, 0.3) is 11.3 Å². The Labute approximate surface area is 227 Å². The predicted molar refractivity (Wildman–Crippen MR) is 147 cm³/mol. The maximum Gasteiger partial charge on any atom is 0.247 e. The molecule has 0 saturated carbocycles. The summed E-state index contributed by atoms with van der Waals surface area (Å²) in [5, 5.41) is 3.11. The summed E-state index contributed by atoms with van der Waals surface area (Å²) in [7, 11) is 0. The number of carbonyl (C=O) groups is 1. The van der Waals surface area contributed by atoms with Crippen molar-refractivity contribution in [1.82, 2.24) is 30.2 Å². The van der Waals surface area contributed by atoms with Crippen molar-refractivity contribution >= 4 is 23.6 Å². The van der Waals surface area contributed by atoms with Crippen molar-refractivity contribution < 1.29 is 14.3 Å². The van der Waals surface area contributed by atoms with E-state index in [0.717, 1.165) is 106 Å². The molecule has 12 nitrogen and oxygen atoms in total. The number of amides is 1. The Balaban J connectivity index is 1.24. The van der Waals surface area contributed by atoms with E-state index in [1.54, 1.807) is 12.4 Å². The Hall–Kier alpha value is -3.61. The fourth-order valence-electron chi connectivity index (χ4n) is 5.42. The molecule has 2 fully saturated rings. The lowest BCUT2D eigenvalue weighted by molar-refractivity contribution is -0.117. The van der Waals surface area contributed by atoms with Crippen molar-refractivity contribution in [3.63, 3.8) is 0 Å². The lowest BCUT2D eigenvalue weighted by atomic mass is 10.0. The van der Waals surface area contributed by atoms with Crippen molar-refractivity contribution in [3.05, 3.63) is 41.4 Å². The minimum atomic E-state index is 0.00434. The lowest BCUT2D eigenvalue weighted by Gasteiger charge is -2.29. The molecular formula is C27H35N9O3. The number of morpholine rings is 2. The zero-order valence-electron chi connectivity index (χ0n) is 22.1. The van der Waals surface area contributed by atoms with Gasteiger partial charge in [-0.25, -0.2) is 15.0 Å². The summed E-state index contributed by atoms with van der Waals surface area (Å²) in [6.07, 6.45) is 9.97. The van der Waals surface area contributed by atoms with Crippen LogP contribution in [0.3, 0.4) is 0 Å². The Kier molecular flexibility index (Phi) is 7.66. The van der Waals surface area contributed by atoms with Gasteiger partial charge < -0.3 is 30.3 Å². The van der Waals surface area contributed by atoms with Gasteiger partial charge in [-0.05, 0) is 25.3 Å². The first kappa shape index (κ1) is 25.7. The second-order valence-corrected chi connectivity index (χ2v) is 10.1. The summed E-state index contributed by atoms with van der Waals surface area (Å²) >= 11 is 0. The molecule has 0 spiro atoms. The molecule has 0 aromatic carbocycles. The van der Waals surface area contributed by atoms with Gasteiger partial charge in [-0.2, -0.15) is 4.98 Å². The summed E-state index contributed by atoms with van der Waals surface area (Å²) in [4.78, 5) is 38.1. The molecule has 2 aromatic heterocycles. The van der Waals surface area contributed by atoms with Crippen LogP contribution in [-0.4, -0.2) is 103 Å². The fraction of sp³-hybridized carbons (Fsp3) is 0.519. The first-order valence-electron chi connectivity index (χ1n) is 13.7. The van der Waals surface area contributed by atoms with E-state index in [4.69, 9.17) is 25.2 Å². The van der Waals surface area contributed by atoms with Gasteiger partial charge in [0, 0.05) is 80.6 Å². The number of hydrogen-bond acceptors (Lipinski definition) is 11. The van der Waals surface area contributed by atoms with E-state index in [1.807, 2.05) is 6.08 Å². The number of fused-ring (bicyclic) bond motifs is 1. The summed E-state index contributed by atoms with van der Waals surface area (Å²) in [5.74, 6) is 1.77. The van der Waals surface area contributed by atoms with Crippen LogP contribution in [0.4, 0.5) is 17.7 Å². The third kappa shape index (κ3) is 5.72. The minimum Gasteiger partial charge on any atom is -0.379 e. The molecule has 1 aliphatic carbocycles. The number of rotatable bonds is 7.